The van der Waals surface area contributed by atoms with Crippen LogP contribution >= 0.6 is 0 Å². The van der Waals surface area contributed by atoms with Crippen LogP contribution < -0.4 is 10.0 Å². The molecular formula is C13H22N4O4S2. The lowest BCUT2D eigenvalue weighted by molar-refractivity contribution is 0.477. The van der Waals surface area contributed by atoms with E-state index in [1.54, 1.807) is 6.07 Å². The summed E-state index contributed by atoms with van der Waals surface area (Å²) in [4.78, 5) is 4.31. The van der Waals surface area contributed by atoms with Gasteiger partial charge in [0.2, 0.25) is 20.0 Å². The first-order chi connectivity index (χ1) is 10.8. The molecule has 0 aromatic carbocycles. The number of nitrogens with zero attached hydrogens (tertiary/aromatic N) is 2. The van der Waals surface area contributed by atoms with Crippen LogP contribution in [-0.4, -0.2) is 58.6 Å². The predicted molar refractivity (Wildman–Crippen MR) is 88.2 cm³/mol. The van der Waals surface area contributed by atoms with E-state index >= 15 is 0 Å². The molecular weight excluding hydrogens is 340 g/mol. The van der Waals surface area contributed by atoms with Crippen LogP contribution in [0.15, 0.2) is 23.2 Å². The molecule has 0 unspecified atom stereocenters. The van der Waals surface area contributed by atoms with E-state index in [2.05, 4.69) is 15.0 Å². The summed E-state index contributed by atoms with van der Waals surface area (Å²) in [5.74, 6) is 0.560. The molecule has 8 nitrogen and oxygen atoms in total. The number of aromatic nitrogens is 1. The van der Waals surface area contributed by atoms with E-state index < -0.39 is 20.0 Å². The topological polar surface area (TPSA) is 108 Å². The van der Waals surface area contributed by atoms with Crippen molar-refractivity contribution in [3.05, 3.63) is 18.3 Å². The van der Waals surface area contributed by atoms with Crippen molar-refractivity contribution in [1.29, 1.82) is 0 Å². The molecule has 0 atom stereocenters. The Hall–Kier alpha value is -1.23. The maximum atomic E-state index is 12.3. The summed E-state index contributed by atoms with van der Waals surface area (Å²) < 4.78 is 50.4. The largest absolute Gasteiger partial charge is 0.370 e. The lowest BCUT2D eigenvalue weighted by atomic mass is 10.4. The lowest BCUT2D eigenvalue weighted by Crippen LogP contribution is -2.28. The average molecular weight is 362 g/mol. The zero-order valence-electron chi connectivity index (χ0n) is 13.0. The van der Waals surface area contributed by atoms with Crippen molar-refractivity contribution in [3.63, 3.8) is 0 Å². The highest BCUT2D eigenvalue weighted by Gasteiger charge is 2.27. The maximum Gasteiger partial charge on any atom is 0.244 e. The molecule has 2 N–H and O–H groups in total. The molecule has 130 valence electrons. The minimum absolute atomic E-state index is 0.198. The van der Waals surface area contributed by atoms with E-state index in [4.69, 9.17) is 0 Å². The van der Waals surface area contributed by atoms with Gasteiger partial charge in [0.1, 0.15) is 10.7 Å². The number of pyridine rings is 1. The Bertz CT molecular complexity index is 711. The number of sulfonamides is 2. The molecule has 1 aromatic rings. The van der Waals surface area contributed by atoms with Crippen LogP contribution in [0, 0.1) is 0 Å². The number of rotatable bonds is 8. The van der Waals surface area contributed by atoms with Gasteiger partial charge in [0.05, 0.1) is 6.26 Å². The fourth-order valence-corrected chi connectivity index (χ4v) is 4.26. The Labute approximate surface area is 137 Å². The number of anilines is 1. The Morgan fingerprint density at radius 2 is 1.83 bits per heavy atom. The van der Waals surface area contributed by atoms with Crippen molar-refractivity contribution in [1.82, 2.24) is 14.0 Å². The molecule has 0 amide bonds. The first kappa shape index (κ1) is 18.1. The van der Waals surface area contributed by atoms with Gasteiger partial charge in [-0.15, -0.1) is 0 Å². The molecule has 0 saturated carbocycles. The molecule has 0 aliphatic carbocycles. The summed E-state index contributed by atoms with van der Waals surface area (Å²) in [6.45, 7) is 2.01. The zero-order valence-corrected chi connectivity index (χ0v) is 14.7. The van der Waals surface area contributed by atoms with Crippen molar-refractivity contribution >= 4 is 25.9 Å². The quantitative estimate of drug-likeness (QED) is 0.640. The Balaban J connectivity index is 1.85. The second-order valence-electron chi connectivity index (χ2n) is 5.44. The van der Waals surface area contributed by atoms with E-state index in [-0.39, 0.29) is 4.90 Å². The van der Waals surface area contributed by atoms with Crippen LogP contribution in [0.5, 0.6) is 0 Å². The highest BCUT2D eigenvalue weighted by atomic mass is 32.2. The SMILES string of the molecule is CS(=O)(=O)NCCCNc1ccc(S(=O)(=O)N2CCCC2)cn1. The molecule has 2 heterocycles. The number of nitrogens with one attached hydrogen (secondary N) is 2. The fourth-order valence-electron chi connectivity index (χ4n) is 2.28. The van der Waals surface area contributed by atoms with E-state index in [1.165, 1.54) is 16.6 Å². The van der Waals surface area contributed by atoms with Gasteiger partial charge >= 0.3 is 0 Å². The van der Waals surface area contributed by atoms with Gasteiger partial charge in [-0.2, -0.15) is 4.31 Å². The Morgan fingerprint density at radius 3 is 2.39 bits per heavy atom. The highest BCUT2D eigenvalue weighted by molar-refractivity contribution is 7.89. The second kappa shape index (κ2) is 7.56. The molecule has 1 saturated heterocycles. The third-order valence-corrected chi connectivity index (χ3v) is 6.07. The summed E-state index contributed by atoms with van der Waals surface area (Å²) in [7, 11) is -6.60. The maximum absolute atomic E-state index is 12.3. The molecule has 0 radical (unpaired) electrons. The van der Waals surface area contributed by atoms with Gasteiger partial charge in [-0.25, -0.2) is 26.5 Å². The molecule has 1 aliphatic rings. The third kappa shape index (κ3) is 5.41. The monoisotopic (exact) mass is 362 g/mol. The molecule has 0 spiro atoms. The Morgan fingerprint density at radius 1 is 1.13 bits per heavy atom. The normalized spacial score (nSPS) is 16.6. The summed E-state index contributed by atoms with van der Waals surface area (Å²) in [5.41, 5.74) is 0. The van der Waals surface area contributed by atoms with E-state index in [9.17, 15) is 16.8 Å². The Kier molecular flexibility index (Phi) is 5.95. The van der Waals surface area contributed by atoms with E-state index in [1.807, 2.05) is 0 Å². The first-order valence-corrected chi connectivity index (χ1v) is 10.8. The van der Waals surface area contributed by atoms with Gasteiger partial charge < -0.3 is 5.32 Å². The van der Waals surface area contributed by atoms with Crippen molar-refractivity contribution in [2.45, 2.75) is 24.2 Å². The fraction of sp³-hybridized carbons (Fsp3) is 0.615. The highest BCUT2D eigenvalue weighted by Crippen LogP contribution is 2.20. The molecule has 1 aromatic heterocycles. The van der Waals surface area contributed by atoms with Gasteiger partial charge in [0.15, 0.2) is 0 Å². The molecule has 0 bridgehead atoms. The lowest BCUT2D eigenvalue weighted by Gasteiger charge is -2.15. The van der Waals surface area contributed by atoms with Crippen LogP contribution in [0.1, 0.15) is 19.3 Å². The third-order valence-electron chi connectivity index (χ3n) is 3.46. The van der Waals surface area contributed by atoms with Crippen molar-refractivity contribution in [3.8, 4) is 0 Å². The molecule has 10 heteroatoms. The predicted octanol–water partition coefficient (Wildman–Crippen LogP) is 0.217. The molecule has 1 aliphatic heterocycles. The average Bonchev–Trinajstić information content (AvgIpc) is 3.01. The smallest absolute Gasteiger partial charge is 0.244 e. The van der Waals surface area contributed by atoms with Gasteiger partial charge in [0.25, 0.3) is 0 Å². The van der Waals surface area contributed by atoms with Gasteiger partial charge in [-0.05, 0) is 31.4 Å². The van der Waals surface area contributed by atoms with Crippen molar-refractivity contribution in [2.75, 3.05) is 37.8 Å². The summed E-state index contributed by atoms with van der Waals surface area (Å²) >= 11 is 0. The van der Waals surface area contributed by atoms with Gasteiger partial charge in [-0.3, -0.25) is 0 Å². The molecule has 2 rings (SSSR count). The molecule has 1 fully saturated rings. The number of hydrogen-bond donors (Lipinski definition) is 2. The first-order valence-electron chi connectivity index (χ1n) is 7.44. The second-order valence-corrected chi connectivity index (χ2v) is 9.21. The summed E-state index contributed by atoms with van der Waals surface area (Å²) in [6.07, 6.45) is 4.86. The van der Waals surface area contributed by atoms with Crippen molar-refractivity contribution < 1.29 is 16.8 Å². The minimum atomic E-state index is -3.43. The minimum Gasteiger partial charge on any atom is -0.370 e. The van der Waals surface area contributed by atoms with Gasteiger partial charge in [0, 0.05) is 32.4 Å². The zero-order chi connectivity index (χ0) is 16.9. The standard InChI is InChI=1S/C13H22N4O4S2/c1-22(18,19)16-8-4-7-14-13-6-5-12(11-15-13)23(20,21)17-9-2-3-10-17/h5-6,11,16H,2-4,7-10H2,1H3,(H,14,15). The van der Waals surface area contributed by atoms with Crippen LogP contribution in [0.4, 0.5) is 5.82 Å². The van der Waals surface area contributed by atoms with Crippen LogP contribution in [0.3, 0.4) is 0 Å². The van der Waals surface area contributed by atoms with Crippen LogP contribution in [-0.2, 0) is 20.0 Å². The van der Waals surface area contributed by atoms with Crippen molar-refractivity contribution in [2.24, 2.45) is 0 Å². The van der Waals surface area contributed by atoms with E-state index in [0.29, 0.717) is 38.4 Å². The summed E-state index contributed by atoms with van der Waals surface area (Å²) in [5, 5.41) is 3.02. The summed E-state index contributed by atoms with van der Waals surface area (Å²) in [6, 6.07) is 3.16. The van der Waals surface area contributed by atoms with Crippen LogP contribution in [0.25, 0.3) is 0 Å². The molecule has 23 heavy (non-hydrogen) atoms. The van der Waals surface area contributed by atoms with Crippen LogP contribution in [0.2, 0.25) is 0 Å². The van der Waals surface area contributed by atoms with Gasteiger partial charge in [-0.1, -0.05) is 0 Å². The van der Waals surface area contributed by atoms with E-state index in [0.717, 1.165) is 19.1 Å². The number of hydrogen-bond acceptors (Lipinski definition) is 6.